The normalized spacial score (nSPS) is 25.9. The molecule has 0 unspecified atom stereocenters. The molecule has 0 aromatic carbocycles. The van der Waals surface area contributed by atoms with E-state index in [2.05, 4.69) is 24.2 Å². The number of amides is 1. The van der Waals surface area contributed by atoms with Gasteiger partial charge in [0, 0.05) is 31.7 Å². The molecule has 0 spiro atoms. The van der Waals surface area contributed by atoms with Gasteiger partial charge in [-0.3, -0.25) is 9.69 Å². The molecule has 2 rings (SSSR count). The van der Waals surface area contributed by atoms with Crippen molar-refractivity contribution in [1.29, 1.82) is 0 Å². The van der Waals surface area contributed by atoms with Crippen molar-refractivity contribution in [3.63, 3.8) is 0 Å². The lowest BCUT2D eigenvalue weighted by atomic mass is 9.95. The number of carbonyl (C=O) groups excluding carboxylic acids is 1. The number of ether oxygens (including phenoxy) is 1. The number of hydrogen-bond acceptors (Lipinski definition) is 3. The molecule has 1 aliphatic carbocycles. The quantitative estimate of drug-likeness (QED) is 0.798. The lowest BCUT2D eigenvalue weighted by molar-refractivity contribution is -0.122. The van der Waals surface area contributed by atoms with Crippen molar-refractivity contribution in [3.8, 4) is 0 Å². The Bertz CT molecular complexity index is 295. The van der Waals surface area contributed by atoms with E-state index in [0.717, 1.165) is 32.7 Å². The molecule has 1 N–H and O–H groups in total. The molecule has 1 atom stereocenters. The fourth-order valence-electron chi connectivity index (χ4n) is 3.40. The highest BCUT2D eigenvalue weighted by atomic mass is 16.5. The maximum atomic E-state index is 12.0. The van der Waals surface area contributed by atoms with Crippen LogP contribution in [-0.2, 0) is 9.53 Å². The van der Waals surface area contributed by atoms with E-state index in [-0.39, 0.29) is 11.4 Å². The van der Waals surface area contributed by atoms with Gasteiger partial charge in [0.25, 0.3) is 0 Å². The summed E-state index contributed by atoms with van der Waals surface area (Å²) in [5.74, 6) is 0.634. The van der Waals surface area contributed by atoms with Gasteiger partial charge in [-0.1, -0.05) is 19.8 Å². The molecule has 0 radical (unpaired) electrons. The molecule has 1 saturated heterocycles. The molecule has 0 bridgehead atoms. The molecule has 19 heavy (non-hydrogen) atoms. The van der Waals surface area contributed by atoms with Gasteiger partial charge in [0.05, 0.1) is 0 Å². The third-order valence-corrected chi connectivity index (χ3v) is 4.93. The molecule has 0 aromatic heterocycles. The summed E-state index contributed by atoms with van der Waals surface area (Å²) in [4.78, 5) is 14.4. The van der Waals surface area contributed by atoms with E-state index in [1.807, 2.05) is 0 Å². The van der Waals surface area contributed by atoms with Gasteiger partial charge < -0.3 is 10.1 Å². The first-order valence-corrected chi connectivity index (χ1v) is 7.72. The van der Waals surface area contributed by atoms with Crippen LogP contribution in [0.3, 0.4) is 0 Å². The van der Waals surface area contributed by atoms with Crippen molar-refractivity contribution in [2.24, 2.45) is 5.92 Å². The first kappa shape index (κ1) is 14.8. The highest BCUT2D eigenvalue weighted by Gasteiger charge is 2.37. The van der Waals surface area contributed by atoms with Crippen molar-refractivity contribution in [2.75, 3.05) is 33.4 Å². The number of carbonyl (C=O) groups is 1. The molecule has 2 aliphatic rings. The van der Waals surface area contributed by atoms with E-state index in [4.69, 9.17) is 4.74 Å². The van der Waals surface area contributed by atoms with Gasteiger partial charge >= 0.3 is 0 Å². The predicted octanol–water partition coefficient (Wildman–Crippen LogP) is 1.79. The molecule has 4 nitrogen and oxygen atoms in total. The maximum absolute atomic E-state index is 12.0. The van der Waals surface area contributed by atoms with Gasteiger partial charge in [-0.15, -0.1) is 0 Å². The fourth-order valence-corrected chi connectivity index (χ4v) is 3.40. The van der Waals surface area contributed by atoms with Crippen LogP contribution in [-0.4, -0.2) is 49.7 Å². The smallest absolute Gasteiger partial charge is 0.220 e. The fraction of sp³-hybridized carbons (Fsp3) is 0.933. The summed E-state index contributed by atoms with van der Waals surface area (Å²) >= 11 is 0. The van der Waals surface area contributed by atoms with Crippen molar-refractivity contribution in [3.05, 3.63) is 0 Å². The Balaban J connectivity index is 1.79. The maximum Gasteiger partial charge on any atom is 0.220 e. The second-order valence-electron chi connectivity index (χ2n) is 6.16. The highest BCUT2D eigenvalue weighted by molar-refractivity contribution is 5.76. The van der Waals surface area contributed by atoms with Crippen LogP contribution in [0.1, 0.15) is 45.4 Å². The Hall–Kier alpha value is -0.610. The van der Waals surface area contributed by atoms with Gasteiger partial charge in [-0.25, -0.2) is 0 Å². The van der Waals surface area contributed by atoms with Crippen LogP contribution in [0.15, 0.2) is 0 Å². The number of nitrogens with one attached hydrogen (secondary N) is 1. The largest absolute Gasteiger partial charge is 0.381 e. The molecule has 1 aliphatic heterocycles. The molecular weight excluding hydrogens is 240 g/mol. The third kappa shape index (κ3) is 3.69. The summed E-state index contributed by atoms with van der Waals surface area (Å²) in [6.07, 6.45) is 6.67. The third-order valence-electron chi connectivity index (χ3n) is 4.93. The SMILES string of the molecule is CCN(C)C1(CNC(=O)C[C@H]2CCOC2)CCCC1. The first-order valence-electron chi connectivity index (χ1n) is 7.72. The van der Waals surface area contributed by atoms with Gasteiger partial charge in [-0.05, 0) is 38.8 Å². The van der Waals surface area contributed by atoms with E-state index in [9.17, 15) is 4.79 Å². The van der Waals surface area contributed by atoms with E-state index in [0.29, 0.717) is 12.3 Å². The highest BCUT2D eigenvalue weighted by Crippen LogP contribution is 2.33. The molecule has 1 heterocycles. The summed E-state index contributed by atoms with van der Waals surface area (Å²) in [7, 11) is 2.18. The van der Waals surface area contributed by atoms with Gasteiger partial charge in [-0.2, -0.15) is 0 Å². The number of likely N-dealkylation sites (N-methyl/N-ethyl adjacent to an activating group) is 1. The minimum Gasteiger partial charge on any atom is -0.381 e. The minimum atomic E-state index is 0.200. The minimum absolute atomic E-state index is 0.200. The van der Waals surface area contributed by atoms with Crippen molar-refractivity contribution in [1.82, 2.24) is 10.2 Å². The van der Waals surface area contributed by atoms with Crippen LogP contribution in [0.25, 0.3) is 0 Å². The molecule has 1 saturated carbocycles. The lowest BCUT2D eigenvalue weighted by Gasteiger charge is -2.38. The molecule has 1 amide bonds. The van der Waals surface area contributed by atoms with Crippen LogP contribution in [0.5, 0.6) is 0 Å². The van der Waals surface area contributed by atoms with Crippen molar-refractivity contribution >= 4 is 5.91 Å². The lowest BCUT2D eigenvalue weighted by Crippen LogP contribution is -2.52. The Labute approximate surface area is 116 Å². The van der Waals surface area contributed by atoms with Gasteiger partial charge in [0.15, 0.2) is 0 Å². The van der Waals surface area contributed by atoms with E-state index in [1.165, 1.54) is 25.7 Å². The van der Waals surface area contributed by atoms with Crippen molar-refractivity contribution in [2.45, 2.75) is 51.0 Å². The second-order valence-corrected chi connectivity index (χ2v) is 6.16. The first-order chi connectivity index (χ1) is 9.16. The Morgan fingerprint density at radius 3 is 2.74 bits per heavy atom. The van der Waals surface area contributed by atoms with Crippen LogP contribution >= 0.6 is 0 Å². The number of nitrogens with zero attached hydrogens (tertiary/aromatic N) is 1. The van der Waals surface area contributed by atoms with E-state index in [1.54, 1.807) is 0 Å². The Kier molecular flexibility index (Phi) is 5.22. The average molecular weight is 268 g/mol. The molecular formula is C15H28N2O2. The average Bonchev–Trinajstić information content (AvgIpc) is 3.07. The van der Waals surface area contributed by atoms with Crippen LogP contribution < -0.4 is 5.32 Å². The number of hydrogen-bond donors (Lipinski definition) is 1. The van der Waals surface area contributed by atoms with E-state index < -0.39 is 0 Å². The van der Waals surface area contributed by atoms with E-state index >= 15 is 0 Å². The molecule has 0 aromatic rings. The topological polar surface area (TPSA) is 41.6 Å². The van der Waals surface area contributed by atoms with Gasteiger partial charge in [0.1, 0.15) is 0 Å². The summed E-state index contributed by atoms with van der Waals surface area (Å²) in [5, 5.41) is 3.17. The second kappa shape index (κ2) is 6.71. The number of rotatable bonds is 6. The zero-order chi connectivity index (χ0) is 13.7. The van der Waals surface area contributed by atoms with Gasteiger partial charge in [0.2, 0.25) is 5.91 Å². The van der Waals surface area contributed by atoms with Crippen molar-refractivity contribution < 1.29 is 9.53 Å². The molecule has 110 valence electrons. The van der Waals surface area contributed by atoms with Crippen LogP contribution in [0, 0.1) is 5.92 Å². The molecule has 2 fully saturated rings. The zero-order valence-electron chi connectivity index (χ0n) is 12.4. The standard InChI is InChI=1S/C15H28N2O2/c1-3-17(2)15(7-4-5-8-15)12-16-14(18)10-13-6-9-19-11-13/h13H,3-12H2,1-2H3,(H,16,18)/t13-/m1/s1. The monoisotopic (exact) mass is 268 g/mol. The predicted molar refractivity (Wildman–Crippen MR) is 76.1 cm³/mol. The summed E-state index contributed by atoms with van der Waals surface area (Å²) in [6.45, 7) is 5.63. The zero-order valence-corrected chi connectivity index (χ0v) is 12.4. The van der Waals surface area contributed by atoms with Crippen LogP contribution in [0.2, 0.25) is 0 Å². The molecule has 4 heteroatoms. The summed E-state index contributed by atoms with van der Waals surface area (Å²) < 4.78 is 5.32. The Morgan fingerprint density at radius 2 is 2.16 bits per heavy atom. The van der Waals surface area contributed by atoms with Crippen LogP contribution in [0.4, 0.5) is 0 Å². The Morgan fingerprint density at radius 1 is 1.42 bits per heavy atom. The summed E-state index contributed by atoms with van der Waals surface area (Å²) in [6, 6.07) is 0. The summed E-state index contributed by atoms with van der Waals surface area (Å²) in [5.41, 5.74) is 0.205.